The van der Waals surface area contributed by atoms with Crippen LogP contribution in [-0.2, 0) is 0 Å². The SMILES string of the molecule is CC(C)CC1(CNc2nc(Cl)ccc2[N+](=O)[O-])CCCC1. The lowest BCUT2D eigenvalue weighted by Crippen LogP contribution is -2.29. The van der Waals surface area contributed by atoms with Gasteiger partial charge in [-0.3, -0.25) is 10.1 Å². The molecule has 5 nitrogen and oxygen atoms in total. The van der Waals surface area contributed by atoms with Crippen molar-refractivity contribution in [1.82, 2.24) is 4.98 Å². The second-order valence-electron chi connectivity index (χ2n) is 6.42. The van der Waals surface area contributed by atoms with E-state index in [9.17, 15) is 10.1 Å². The minimum absolute atomic E-state index is 0.0166. The average molecular weight is 312 g/mol. The second kappa shape index (κ2) is 6.60. The highest BCUT2D eigenvalue weighted by Gasteiger charge is 2.34. The lowest BCUT2D eigenvalue weighted by Gasteiger charge is -2.31. The van der Waals surface area contributed by atoms with Gasteiger partial charge in [-0.25, -0.2) is 4.98 Å². The molecule has 1 fully saturated rings. The van der Waals surface area contributed by atoms with E-state index in [2.05, 4.69) is 24.1 Å². The lowest BCUT2D eigenvalue weighted by atomic mass is 9.78. The number of anilines is 1. The molecule has 21 heavy (non-hydrogen) atoms. The van der Waals surface area contributed by atoms with E-state index < -0.39 is 4.92 Å². The largest absolute Gasteiger partial charge is 0.364 e. The van der Waals surface area contributed by atoms with E-state index >= 15 is 0 Å². The van der Waals surface area contributed by atoms with Gasteiger partial charge >= 0.3 is 5.69 Å². The summed E-state index contributed by atoms with van der Waals surface area (Å²) in [6, 6.07) is 2.85. The number of pyridine rings is 1. The van der Waals surface area contributed by atoms with Gasteiger partial charge in [0.25, 0.3) is 0 Å². The molecule has 1 saturated carbocycles. The number of hydrogen-bond acceptors (Lipinski definition) is 4. The molecule has 1 heterocycles. The molecule has 0 radical (unpaired) electrons. The van der Waals surface area contributed by atoms with Crippen molar-refractivity contribution in [2.75, 3.05) is 11.9 Å². The molecule has 1 aliphatic rings. The Labute approximate surface area is 130 Å². The summed E-state index contributed by atoms with van der Waals surface area (Å²) in [5.74, 6) is 0.898. The summed E-state index contributed by atoms with van der Waals surface area (Å²) in [5, 5.41) is 14.5. The molecule has 0 unspecified atom stereocenters. The predicted octanol–water partition coefficient (Wildman–Crippen LogP) is 4.66. The Kier molecular flexibility index (Phi) is 5.04. The van der Waals surface area contributed by atoms with Crippen LogP contribution < -0.4 is 5.32 Å². The molecule has 1 aromatic heterocycles. The summed E-state index contributed by atoms with van der Waals surface area (Å²) in [5.41, 5.74) is 0.212. The zero-order valence-electron chi connectivity index (χ0n) is 12.6. The highest BCUT2D eigenvalue weighted by atomic mass is 35.5. The van der Waals surface area contributed by atoms with Crippen molar-refractivity contribution >= 4 is 23.1 Å². The molecule has 0 saturated heterocycles. The van der Waals surface area contributed by atoms with Crippen molar-refractivity contribution in [2.24, 2.45) is 11.3 Å². The van der Waals surface area contributed by atoms with Crippen LogP contribution in [0.5, 0.6) is 0 Å². The zero-order valence-corrected chi connectivity index (χ0v) is 13.3. The summed E-state index contributed by atoms with van der Waals surface area (Å²) in [6.07, 6.45) is 5.95. The van der Waals surface area contributed by atoms with Crippen LogP contribution >= 0.6 is 11.6 Å². The molecule has 6 heteroatoms. The van der Waals surface area contributed by atoms with Crippen molar-refractivity contribution < 1.29 is 4.92 Å². The normalized spacial score (nSPS) is 17.1. The van der Waals surface area contributed by atoms with Gasteiger partial charge in [0.15, 0.2) is 0 Å². The highest BCUT2D eigenvalue weighted by Crippen LogP contribution is 2.43. The van der Waals surface area contributed by atoms with Gasteiger partial charge in [0, 0.05) is 12.6 Å². The fraction of sp³-hybridized carbons (Fsp3) is 0.667. The first kappa shape index (κ1) is 16.0. The van der Waals surface area contributed by atoms with E-state index in [1.165, 1.54) is 37.8 Å². The monoisotopic (exact) mass is 311 g/mol. The van der Waals surface area contributed by atoms with Crippen LogP contribution in [0.3, 0.4) is 0 Å². The molecule has 2 rings (SSSR count). The van der Waals surface area contributed by atoms with E-state index in [1.807, 2.05) is 0 Å². The fourth-order valence-electron chi connectivity index (χ4n) is 3.42. The van der Waals surface area contributed by atoms with Crippen molar-refractivity contribution in [3.63, 3.8) is 0 Å². The Morgan fingerprint density at radius 2 is 2.10 bits per heavy atom. The number of rotatable bonds is 6. The average Bonchev–Trinajstić information content (AvgIpc) is 2.84. The van der Waals surface area contributed by atoms with Gasteiger partial charge in [0.05, 0.1) is 4.92 Å². The van der Waals surface area contributed by atoms with Gasteiger partial charge in [-0.15, -0.1) is 0 Å². The van der Waals surface area contributed by atoms with Crippen LogP contribution in [0.25, 0.3) is 0 Å². The predicted molar refractivity (Wildman–Crippen MR) is 84.7 cm³/mol. The first-order valence-corrected chi connectivity index (χ1v) is 7.84. The van der Waals surface area contributed by atoms with Gasteiger partial charge in [-0.2, -0.15) is 0 Å². The molecule has 0 spiro atoms. The van der Waals surface area contributed by atoms with Crippen LogP contribution in [0, 0.1) is 21.4 Å². The number of halogens is 1. The smallest absolute Gasteiger partial charge is 0.311 e. The minimum atomic E-state index is -0.421. The van der Waals surface area contributed by atoms with E-state index in [-0.39, 0.29) is 22.1 Å². The van der Waals surface area contributed by atoms with Crippen LogP contribution in [0.4, 0.5) is 11.5 Å². The van der Waals surface area contributed by atoms with Crippen LogP contribution in [0.2, 0.25) is 5.15 Å². The minimum Gasteiger partial charge on any atom is -0.364 e. The fourth-order valence-corrected chi connectivity index (χ4v) is 3.57. The topological polar surface area (TPSA) is 68.1 Å². The van der Waals surface area contributed by atoms with Gasteiger partial charge < -0.3 is 5.32 Å². The molecule has 0 amide bonds. The molecular weight excluding hydrogens is 290 g/mol. The molecule has 0 atom stereocenters. The van der Waals surface area contributed by atoms with E-state index in [1.54, 1.807) is 0 Å². The zero-order chi connectivity index (χ0) is 15.5. The quantitative estimate of drug-likeness (QED) is 0.471. The number of hydrogen-bond donors (Lipinski definition) is 1. The molecule has 1 aliphatic carbocycles. The summed E-state index contributed by atoms with van der Waals surface area (Å²) in [4.78, 5) is 14.7. The first-order valence-electron chi connectivity index (χ1n) is 7.47. The maximum absolute atomic E-state index is 11.1. The molecule has 1 aromatic rings. The Morgan fingerprint density at radius 3 is 2.67 bits per heavy atom. The Bertz CT molecular complexity index is 514. The summed E-state index contributed by atoms with van der Waals surface area (Å²) >= 11 is 5.86. The van der Waals surface area contributed by atoms with Gasteiger partial charge in [-0.05, 0) is 36.7 Å². The second-order valence-corrected chi connectivity index (χ2v) is 6.80. The Hall–Kier alpha value is -1.36. The van der Waals surface area contributed by atoms with Crippen molar-refractivity contribution in [2.45, 2.75) is 46.0 Å². The number of nitro groups is 1. The number of nitrogens with zero attached hydrogens (tertiary/aromatic N) is 2. The third-order valence-corrected chi connectivity index (χ3v) is 4.38. The van der Waals surface area contributed by atoms with Gasteiger partial charge in [0.1, 0.15) is 5.15 Å². The molecule has 0 bridgehead atoms. The maximum atomic E-state index is 11.1. The summed E-state index contributed by atoms with van der Waals surface area (Å²) in [6.45, 7) is 5.17. The standard InChI is InChI=1S/C15H22ClN3O2/c1-11(2)9-15(7-3-4-8-15)10-17-14-12(19(20)21)5-6-13(16)18-14/h5-6,11H,3-4,7-10H2,1-2H3,(H,17,18). The van der Waals surface area contributed by atoms with Crippen LogP contribution in [-0.4, -0.2) is 16.5 Å². The Balaban J connectivity index is 2.14. The van der Waals surface area contributed by atoms with E-state index in [0.29, 0.717) is 5.92 Å². The van der Waals surface area contributed by atoms with Crippen molar-refractivity contribution in [1.29, 1.82) is 0 Å². The molecule has 0 aliphatic heterocycles. The maximum Gasteiger partial charge on any atom is 0.311 e. The van der Waals surface area contributed by atoms with Gasteiger partial charge in [0.2, 0.25) is 5.82 Å². The van der Waals surface area contributed by atoms with E-state index in [0.717, 1.165) is 13.0 Å². The summed E-state index contributed by atoms with van der Waals surface area (Å²) < 4.78 is 0. The lowest BCUT2D eigenvalue weighted by molar-refractivity contribution is -0.384. The van der Waals surface area contributed by atoms with E-state index in [4.69, 9.17) is 11.6 Å². The Morgan fingerprint density at radius 1 is 1.43 bits per heavy atom. The van der Waals surface area contributed by atoms with Gasteiger partial charge in [-0.1, -0.05) is 38.3 Å². The molecule has 1 N–H and O–H groups in total. The summed E-state index contributed by atoms with van der Waals surface area (Å²) in [7, 11) is 0. The third kappa shape index (κ3) is 4.06. The first-order chi connectivity index (χ1) is 9.92. The number of aromatic nitrogens is 1. The van der Waals surface area contributed by atoms with Crippen LogP contribution in [0.15, 0.2) is 12.1 Å². The molecular formula is C15H22ClN3O2. The third-order valence-electron chi connectivity index (χ3n) is 4.17. The molecule has 0 aromatic carbocycles. The van der Waals surface area contributed by atoms with Crippen LogP contribution in [0.1, 0.15) is 46.0 Å². The van der Waals surface area contributed by atoms with Crippen molar-refractivity contribution in [3.8, 4) is 0 Å². The highest BCUT2D eigenvalue weighted by molar-refractivity contribution is 6.29. The van der Waals surface area contributed by atoms with Crippen molar-refractivity contribution in [3.05, 3.63) is 27.4 Å². The number of nitrogens with one attached hydrogen (secondary N) is 1. The molecule has 116 valence electrons.